The van der Waals surface area contributed by atoms with Crippen LogP contribution in [0, 0.1) is 15.3 Å². The van der Waals surface area contributed by atoms with Gasteiger partial charge in [-0.2, -0.15) is 0 Å². The summed E-state index contributed by atoms with van der Waals surface area (Å²) in [7, 11) is 0. The zero-order chi connectivity index (χ0) is 3.58. The van der Waals surface area contributed by atoms with Crippen LogP contribution in [0.25, 0.3) is 0 Å². The third kappa shape index (κ3) is 1180. The molecule has 0 aliphatic heterocycles. The van der Waals surface area contributed by atoms with Gasteiger partial charge in [0.15, 0.2) is 0 Å². The van der Waals surface area contributed by atoms with Gasteiger partial charge < -0.3 is 20.8 Å². The molecular weight excluding hydrogens is 170 g/mol. The van der Waals surface area contributed by atoms with E-state index in [1.54, 1.807) is 0 Å². The zero-order valence-electron chi connectivity index (χ0n) is 3.40. The quantitative estimate of drug-likeness (QED) is 0.271. The number of hydrogen-bond donors (Lipinski definition) is 0. The van der Waals surface area contributed by atoms with Crippen molar-refractivity contribution >= 4 is 17.4 Å². The van der Waals surface area contributed by atoms with Crippen molar-refractivity contribution in [3.05, 3.63) is 15.3 Å². The molecule has 1 N–H and O–H groups in total. The molecule has 7 heavy (non-hydrogen) atoms. The van der Waals surface area contributed by atoms with Crippen molar-refractivity contribution in [1.82, 2.24) is 0 Å². The normalized spacial score (nSPS) is 3.43. The summed E-state index contributed by atoms with van der Waals surface area (Å²) in [4.78, 5) is 8.25. The summed E-state index contributed by atoms with van der Waals surface area (Å²) in [6.07, 6.45) is 0. The van der Waals surface area contributed by atoms with E-state index in [2.05, 4.69) is 0 Å². The Morgan fingerprint density at radius 1 is 1.29 bits per heavy atom. The molecule has 0 bridgehead atoms. The van der Waals surface area contributed by atoms with Gasteiger partial charge in [0.05, 0.1) is 5.09 Å². The molecule has 0 heterocycles. The first kappa shape index (κ1) is 26.5. The molecule has 0 aliphatic carbocycles. The molecule has 0 amide bonds. The first-order valence-corrected chi connectivity index (χ1v) is 0.548. The number of hydrogen-bond acceptors (Lipinski definition) is 4. The molecule has 0 rings (SSSR count). The zero-order valence-corrected chi connectivity index (χ0v) is 7.53. The fourth-order valence-corrected chi connectivity index (χ4v) is 0. The van der Waals surface area contributed by atoms with Gasteiger partial charge in [0.2, 0.25) is 0 Å². The van der Waals surface area contributed by atoms with Crippen LogP contribution in [0.2, 0.25) is 0 Å². The van der Waals surface area contributed by atoms with Crippen LogP contribution in [-0.2, 0) is 19.5 Å². The Hall–Kier alpha value is 0.316. The second-order valence-corrected chi connectivity index (χ2v) is 0.224. The van der Waals surface area contributed by atoms with Crippen LogP contribution in [0.15, 0.2) is 0 Å². The summed E-state index contributed by atoms with van der Waals surface area (Å²) in [6.45, 7) is 0. The molecule has 0 spiro atoms. The molecule has 0 aromatic carbocycles. The van der Waals surface area contributed by atoms with Gasteiger partial charge in [0.1, 0.15) is 0 Å². The maximum absolute atomic E-state index is 8.25. The van der Waals surface area contributed by atoms with Crippen molar-refractivity contribution in [2.75, 3.05) is 0 Å². The maximum Gasteiger partial charge on any atom is 3.00 e. The van der Waals surface area contributed by atoms with Crippen LogP contribution in [0.1, 0.15) is 0 Å². The molecule has 0 aliphatic rings. The van der Waals surface area contributed by atoms with E-state index in [4.69, 9.17) is 15.3 Å². The molecule has 5 nitrogen and oxygen atoms in total. The standard InChI is InChI=1S/Al.NO3.H2O.Zn/c;2-1(3)4;;/h;;1H2;/q+3;-1;;+2/p-1. The average Bonchev–Trinajstić information content (AvgIpc) is 0.811. The van der Waals surface area contributed by atoms with Gasteiger partial charge in [-0.25, -0.2) is 0 Å². The van der Waals surface area contributed by atoms with Gasteiger partial charge in [-0.05, 0) is 0 Å². The van der Waals surface area contributed by atoms with E-state index in [9.17, 15) is 0 Å². The third-order valence-corrected chi connectivity index (χ3v) is 0. The molecule has 0 saturated carbocycles. The Labute approximate surface area is 63.0 Å². The summed E-state index contributed by atoms with van der Waals surface area (Å²) >= 11 is 0. The van der Waals surface area contributed by atoms with Gasteiger partial charge in [-0.15, -0.1) is 0 Å². The van der Waals surface area contributed by atoms with Gasteiger partial charge >= 0.3 is 36.8 Å². The van der Waals surface area contributed by atoms with Crippen LogP contribution >= 0.6 is 0 Å². The molecule has 7 heteroatoms. The second kappa shape index (κ2) is 16.2. The minimum atomic E-state index is -1.75. The largest absolute Gasteiger partial charge is 3.00 e. The van der Waals surface area contributed by atoms with Gasteiger partial charge in [0.25, 0.3) is 0 Å². The predicted octanol–water partition coefficient (Wildman–Crippen LogP) is -0.799. The maximum atomic E-state index is 8.25. The Balaban J connectivity index is -0.0000000150. The third-order valence-electron chi connectivity index (χ3n) is 0. The Morgan fingerprint density at radius 3 is 1.29 bits per heavy atom. The van der Waals surface area contributed by atoms with E-state index in [1.807, 2.05) is 0 Å². The summed E-state index contributed by atoms with van der Waals surface area (Å²) < 4.78 is 0. The molecular formula is HAlNO4Zn+3. The topological polar surface area (TPSA) is 96.2 Å². The van der Waals surface area contributed by atoms with Gasteiger partial charge in [-0.3, -0.25) is 0 Å². The van der Waals surface area contributed by atoms with Crippen molar-refractivity contribution < 1.29 is 30.0 Å². The Morgan fingerprint density at radius 2 is 1.29 bits per heavy atom. The van der Waals surface area contributed by atoms with E-state index >= 15 is 0 Å². The fourth-order valence-electron chi connectivity index (χ4n) is 0. The summed E-state index contributed by atoms with van der Waals surface area (Å²) in [5.41, 5.74) is 0. The molecule has 0 aromatic rings. The molecule has 0 fully saturated rings. The van der Waals surface area contributed by atoms with E-state index in [1.165, 1.54) is 0 Å². The van der Waals surface area contributed by atoms with Crippen LogP contribution in [-0.4, -0.2) is 27.9 Å². The van der Waals surface area contributed by atoms with Crippen LogP contribution in [0.4, 0.5) is 0 Å². The molecule has 0 atom stereocenters. The minimum absolute atomic E-state index is 0. The van der Waals surface area contributed by atoms with Gasteiger partial charge in [-0.1, -0.05) is 0 Å². The molecule has 0 aromatic heterocycles. The van der Waals surface area contributed by atoms with Crippen molar-refractivity contribution in [2.24, 2.45) is 0 Å². The van der Waals surface area contributed by atoms with E-state index in [0.29, 0.717) is 0 Å². The monoisotopic (exact) mass is 170 g/mol. The van der Waals surface area contributed by atoms with Gasteiger partial charge in [0, 0.05) is 0 Å². The van der Waals surface area contributed by atoms with Crippen LogP contribution in [0.5, 0.6) is 0 Å². The smallest absolute Gasteiger partial charge is 0.870 e. The van der Waals surface area contributed by atoms with Crippen LogP contribution in [0.3, 0.4) is 0 Å². The van der Waals surface area contributed by atoms with E-state index in [-0.39, 0.29) is 42.3 Å². The van der Waals surface area contributed by atoms with Crippen molar-refractivity contribution in [3.63, 3.8) is 0 Å². The fraction of sp³-hybridized carbons (Fsp3) is 0. The SMILES string of the molecule is O=[N+]([O-])[O-].[Al+3].[OH-].[Zn+2]. The van der Waals surface area contributed by atoms with Crippen molar-refractivity contribution in [1.29, 1.82) is 0 Å². The van der Waals surface area contributed by atoms with E-state index in [0.717, 1.165) is 0 Å². The molecule has 0 radical (unpaired) electrons. The number of nitrogens with zero attached hydrogens (tertiary/aromatic N) is 1. The first-order chi connectivity index (χ1) is 1.73. The summed E-state index contributed by atoms with van der Waals surface area (Å²) in [6, 6.07) is 0. The van der Waals surface area contributed by atoms with E-state index < -0.39 is 5.09 Å². The first-order valence-electron chi connectivity index (χ1n) is 0.548. The summed E-state index contributed by atoms with van der Waals surface area (Å²) in [5.74, 6) is 0. The van der Waals surface area contributed by atoms with Crippen molar-refractivity contribution in [3.8, 4) is 0 Å². The Bertz CT molecular complexity index is 34.7. The summed E-state index contributed by atoms with van der Waals surface area (Å²) in [5, 5.41) is 14.8. The Kier molecular flexibility index (Phi) is 61.6. The molecule has 32 valence electrons. The molecule has 0 saturated heterocycles. The average molecular weight is 171 g/mol. The van der Waals surface area contributed by atoms with Crippen LogP contribution < -0.4 is 0 Å². The second-order valence-electron chi connectivity index (χ2n) is 0.224. The van der Waals surface area contributed by atoms with Crippen molar-refractivity contribution in [2.45, 2.75) is 0 Å². The minimum Gasteiger partial charge on any atom is -0.870 e. The predicted molar refractivity (Wildman–Crippen MR) is 18.1 cm³/mol. The molecule has 0 unspecified atom stereocenters. The number of rotatable bonds is 0.